The van der Waals surface area contributed by atoms with Crippen molar-refractivity contribution in [1.29, 1.82) is 0 Å². The second-order valence-electron chi connectivity index (χ2n) is 4.03. The van der Waals surface area contributed by atoms with Crippen molar-refractivity contribution in [2.75, 3.05) is 6.61 Å². The van der Waals surface area contributed by atoms with E-state index in [1.54, 1.807) is 0 Å². The molecule has 1 heterocycles. The Hall–Kier alpha value is -1.48. The van der Waals surface area contributed by atoms with Gasteiger partial charge >= 0.3 is 5.69 Å². The minimum absolute atomic E-state index is 0.277. The molecule has 1 aromatic rings. The van der Waals surface area contributed by atoms with Crippen LogP contribution in [0.4, 0.5) is 0 Å². The van der Waals surface area contributed by atoms with Gasteiger partial charge in [-0.2, -0.15) is 0 Å². The first-order valence-corrected chi connectivity index (χ1v) is 5.32. The molecule has 0 aromatic carbocycles. The number of nitrogens with zero attached hydrogens (tertiary/aromatic N) is 1. The van der Waals surface area contributed by atoms with Crippen LogP contribution < -0.4 is 11.2 Å². The topological polar surface area (TPSA) is 136 Å². The van der Waals surface area contributed by atoms with Gasteiger partial charge in [0, 0.05) is 11.8 Å². The summed E-state index contributed by atoms with van der Waals surface area (Å²) in [5, 5.41) is 36.8. The molecule has 0 aliphatic rings. The van der Waals surface area contributed by atoms with Crippen LogP contribution in [0.25, 0.3) is 0 Å². The molecule has 0 saturated heterocycles. The highest BCUT2D eigenvalue weighted by molar-refractivity contribution is 5.01. The van der Waals surface area contributed by atoms with Crippen molar-refractivity contribution in [2.24, 2.45) is 0 Å². The van der Waals surface area contributed by atoms with E-state index in [2.05, 4.69) is 0 Å². The fraction of sp³-hybridized carbons (Fsp3) is 0.600. The molecule has 0 bridgehead atoms. The van der Waals surface area contributed by atoms with Crippen LogP contribution >= 0.6 is 0 Å². The molecule has 0 saturated carbocycles. The molecule has 0 radical (unpaired) electrons. The number of aryl methyl sites for hydroxylation is 1. The highest BCUT2D eigenvalue weighted by Gasteiger charge is 2.24. The minimum Gasteiger partial charge on any atom is -0.394 e. The molecule has 1 aromatic heterocycles. The van der Waals surface area contributed by atoms with E-state index in [4.69, 9.17) is 10.2 Å². The van der Waals surface area contributed by atoms with Crippen molar-refractivity contribution in [3.8, 4) is 0 Å². The lowest BCUT2D eigenvalue weighted by atomic mass is 10.1. The Morgan fingerprint density at radius 1 is 1.28 bits per heavy atom. The van der Waals surface area contributed by atoms with E-state index in [0.717, 1.165) is 4.57 Å². The average molecular weight is 260 g/mol. The Morgan fingerprint density at radius 2 is 1.89 bits per heavy atom. The van der Waals surface area contributed by atoms with E-state index in [0.29, 0.717) is 0 Å². The van der Waals surface area contributed by atoms with Crippen LogP contribution in [0.1, 0.15) is 5.56 Å². The number of hydrogen-bond donors (Lipinski definition) is 5. The van der Waals surface area contributed by atoms with Crippen LogP contribution in [0.5, 0.6) is 0 Å². The van der Waals surface area contributed by atoms with Crippen molar-refractivity contribution in [3.05, 3.63) is 32.6 Å². The quantitative estimate of drug-likeness (QED) is 0.381. The number of hydrogen-bond acceptors (Lipinski definition) is 6. The van der Waals surface area contributed by atoms with Gasteiger partial charge in [0.05, 0.1) is 13.2 Å². The highest BCUT2D eigenvalue weighted by atomic mass is 16.4. The van der Waals surface area contributed by atoms with Gasteiger partial charge in [0.1, 0.15) is 18.3 Å². The Balaban J connectivity index is 2.88. The summed E-state index contributed by atoms with van der Waals surface area (Å²) in [6.07, 6.45) is -3.30. The molecule has 18 heavy (non-hydrogen) atoms. The molecule has 0 spiro atoms. The van der Waals surface area contributed by atoms with Crippen molar-refractivity contribution in [2.45, 2.75) is 31.8 Å². The van der Waals surface area contributed by atoms with E-state index >= 15 is 0 Å². The van der Waals surface area contributed by atoms with Crippen LogP contribution in [0.15, 0.2) is 15.8 Å². The lowest BCUT2D eigenvalue weighted by Gasteiger charge is -2.22. The van der Waals surface area contributed by atoms with Gasteiger partial charge in [-0.15, -0.1) is 0 Å². The van der Waals surface area contributed by atoms with E-state index in [-0.39, 0.29) is 12.1 Å². The van der Waals surface area contributed by atoms with Gasteiger partial charge in [0.2, 0.25) is 0 Å². The molecule has 0 aliphatic carbocycles. The molecule has 0 unspecified atom stereocenters. The predicted molar refractivity (Wildman–Crippen MR) is 61.2 cm³/mol. The largest absolute Gasteiger partial charge is 0.394 e. The van der Waals surface area contributed by atoms with Gasteiger partial charge < -0.3 is 20.4 Å². The molecular formula is C10H16N2O6. The second kappa shape index (κ2) is 5.91. The first-order chi connectivity index (χ1) is 8.36. The van der Waals surface area contributed by atoms with Crippen LogP contribution in [0.3, 0.4) is 0 Å². The number of rotatable bonds is 5. The van der Waals surface area contributed by atoms with E-state index in [1.807, 2.05) is 4.98 Å². The zero-order valence-corrected chi connectivity index (χ0v) is 9.78. The Kier molecular flexibility index (Phi) is 4.79. The lowest BCUT2D eigenvalue weighted by Crippen LogP contribution is -2.44. The summed E-state index contributed by atoms with van der Waals surface area (Å²) in [6.45, 7) is 0.465. The SMILES string of the molecule is Cc1cn(C[C@@H](O)[C@@H](O)[C@H](O)CO)c(=O)[nH]c1=O. The van der Waals surface area contributed by atoms with Crippen LogP contribution in [0, 0.1) is 6.92 Å². The highest BCUT2D eigenvalue weighted by Crippen LogP contribution is 2.02. The molecule has 0 aliphatic heterocycles. The number of aliphatic hydroxyl groups excluding tert-OH is 4. The van der Waals surface area contributed by atoms with Gasteiger partial charge in [-0.3, -0.25) is 14.3 Å². The molecule has 5 N–H and O–H groups in total. The maximum Gasteiger partial charge on any atom is 0.328 e. The van der Waals surface area contributed by atoms with Gasteiger partial charge in [0.25, 0.3) is 5.56 Å². The summed E-state index contributed by atoms with van der Waals surface area (Å²) in [5.74, 6) is 0. The van der Waals surface area contributed by atoms with E-state index < -0.39 is 36.2 Å². The zero-order chi connectivity index (χ0) is 13.9. The van der Waals surface area contributed by atoms with Crippen molar-refractivity contribution in [1.82, 2.24) is 9.55 Å². The molecular weight excluding hydrogens is 244 g/mol. The second-order valence-corrected chi connectivity index (χ2v) is 4.03. The third kappa shape index (κ3) is 3.26. The minimum atomic E-state index is -1.59. The predicted octanol–water partition coefficient (Wildman–Crippen LogP) is -3.08. The first kappa shape index (κ1) is 14.6. The summed E-state index contributed by atoms with van der Waals surface area (Å²) in [6, 6.07) is 0. The molecule has 1 rings (SSSR count). The van der Waals surface area contributed by atoms with E-state index in [9.17, 15) is 19.8 Å². The monoisotopic (exact) mass is 260 g/mol. The van der Waals surface area contributed by atoms with Crippen LogP contribution in [0.2, 0.25) is 0 Å². The average Bonchev–Trinajstić information content (AvgIpc) is 2.33. The van der Waals surface area contributed by atoms with Gasteiger partial charge in [-0.1, -0.05) is 0 Å². The summed E-state index contributed by atoms with van der Waals surface area (Å²) in [5.41, 5.74) is -0.976. The molecule has 102 valence electrons. The number of aliphatic hydroxyl groups is 4. The van der Waals surface area contributed by atoms with Gasteiger partial charge in [-0.05, 0) is 6.92 Å². The molecule has 3 atom stereocenters. The molecule has 8 nitrogen and oxygen atoms in total. The third-order valence-electron chi connectivity index (χ3n) is 2.55. The summed E-state index contributed by atoms with van der Waals surface area (Å²) in [4.78, 5) is 24.5. The van der Waals surface area contributed by atoms with E-state index in [1.165, 1.54) is 13.1 Å². The zero-order valence-electron chi connectivity index (χ0n) is 9.78. The number of H-pyrrole nitrogens is 1. The molecule has 0 fully saturated rings. The summed E-state index contributed by atoms with van der Waals surface area (Å²) in [7, 11) is 0. The number of nitrogens with one attached hydrogen (secondary N) is 1. The Labute approximate surface area is 102 Å². The Morgan fingerprint density at radius 3 is 2.44 bits per heavy atom. The standard InChI is InChI=1S/C10H16N2O6/c1-5-2-12(10(18)11-9(5)17)3-6(14)8(16)7(15)4-13/h2,6-8,13-16H,3-4H2,1H3,(H,11,17,18)/t6-,7-,8-/m1/s1. The van der Waals surface area contributed by atoms with Crippen LogP contribution in [-0.2, 0) is 6.54 Å². The first-order valence-electron chi connectivity index (χ1n) is 5.32. The fourth-order valence-electron chi connectivity index (χ4n) is 1.43. The van der Waals surface area contributed by atoms with Crippen molar-refractivity contribution in [3.63, 3.8) is 0 Å². The summed E-state index contributed by atoms with van der Waals surface area (Å²) >= 11 is 0. The molecule has 8 heteroatoms. The van der Waals surface area contributed by atoms with Crippen molar-refractivity contribution < 1.29 is 20.4 Å². The Bertz CT molecular complexity index is 508. The van der Waals surface area contributed by atoms with Crippen LogP contribution in [-0.4, -0.2) is 54.9 Å². The van der Waals surface area contributed by atoms with Gasteiger partial charge in [0.15, 0.2) is 0 Å². The normalized spacial score (nSPS) is 16.3. The maximum atomic E-state index is 11.4. The number of aromatic amines is 1. The smallest absolute Gasteiger partial charge is 0.328 e. The van der Waals surface area contributed by atoms with Gasteiger partial charge in [-0.25, -0.2) is 4.79 Å². The maximum absolute atomic E-state index is 11.4. The summed E-state index contributed by atoms with van der Waals surface area (Å²) < 4.78 is 1.01. The molecule has 0 amide bonds. The lowest BCUT2D eigenvalue weighted by molar-refractivity contribution is -0.0809. The fourth-order valence-corrected chi connectivity index (χ4v) is 1.43. The third-order valence-corrected chi connectivity index (χ3v) is 2.55. The number of aromatic nitrogens is 2. The van der Waals surface area contributed by atoms with Crippen molar-refractivity contribution >= 4 is 0 Å².